The first kappa shape index (κ1) is 15.7. The first-order valence-corrected chi connectivity index (χ1v) is 6.81. The molecule has 1 rings (SSSR count). The van der Waals surface area contributed by atoms with Crippen LogP contribution in [0, 0.1) is 26.7 Å². The van der Waals surface area contributed by atoms with Crippen LogP contribution in [-0.2, 0) is 0 Å². The van der Waals surface area contributed by atoms with E-state index in [0.29, 0.717) is 6.54 Å². The predicted octanol–water partition coefficient (Wildman–Crippen LogP) is 2.72. The minimum absolute atomic E-state index is 0.0309. The molecule has 0 aliphatic rings. The van der Waals surface area contributed by atoms with E-state index in [1.807, 2.05) is 39.8 Å². The lowest BCUT2D eigenvalue weighted by atomic mass is 9.87. The number of nitrogens with one attached hydrogen (secondary N) is 1. The van der Waals surface area contributed by atoms with Gasteiger partial charge in [-0.15, -0.1) is 0 Å². The number of carbonyl (C=O) groups is 1. The third-order valence-corrected chi connectivity index (χ3v) is 4.00. The molecule has 1 amide bonds. The van der Waals surface area contributed by atoms with Crippen LogP contribution in [0.1, 0.15) is 47.8 Å². The van der Waals surface area contributed by atoms with Crippen molar-refractivity contribution in [1.29, 1.82) is 0 Å². The molecule has 3 heteroatoms. The molecule has 0 aliphatic heterocycles. The molecule has 0 saturated heterocycles. The van der Waals surface area contributed by atoms with E-state index < -0.39 is 0 Å². The Bertz CT molecular complexity index is 457. The number of amides is 1. The highest BCUT2D eigenvalue weighted by molar-refractivity contribution is 5.97. The van der Waals surface area contributed by atoms with Crippen molar-refractivity contribution in [2.75, 3.05) is 6.54 Å². The fraction of sp³-hybridized carbons (Fsp3) is 0.562. The first-order valence-electron chi connectivity index (χ1n) is 6.81. The summed E-state index contributed by atoms with van der Waals surface area (Å²) in [4.78, 5) is 12.5. The molecule has 1 unspecified atom stereocenters. The zero-order chi connectivity index (χ0) is 14.8. The quantitative estimate of drug-likeness (QED) is 0.876. The second-order valence-electron chi connectivity index (χ2n) is 6.00. The molecule has 1 aromatic rings. The zero-order valence-corrected chi connectivity index (χ0v) is 12.9. The van der Waals surface area contributed by atoms with Crippen molar-refractivity contribution in [3.8, 4) is 0 Å². The van der Waals surface area contributed by atoms with Crippen molar-refractivity contribution in [2.45, 2.75) is 47.1 Å². The zero-order valence-electron chi connectivity index (χ0n) is 12.9. The van der Waals surface area contributed by atoms with Gasteiger partial charge < -0.3 is 11.1 Å². The van der Waals surface area contributed by atoms with Crippen LogP contribution in [0.15, 0.2) is 12.1 Å². The molecular formula is C16H26N2O. The van der Waals surface area contributed by atoms with Crippen LogP contribution >= 0.6 is 0 Å². The van der Waals surface area contributed by atoms with Gasteiger partial charge >= 0.3 is 0 Å². The van der Waals surface area contributed by atoms with Crippen molar-refractivity contribution in [1.82, 2.24) is 5.32 Å². The van der Waals surface area contributed by atoms with Crippen LogP contribution in [0.3, 0.4) is 0 Å². The van der Waals surface area contributed by atoms with Gasteiger partial charge in [0.1, 0.15) is 0 Å². The minimum Gasteiger partial charge on any atom is -0.345 e. The summed E-state index contributed by atoms with van der Waals surface area (Å²) in [7, 11) is 0. The molecule has 0 radical (unpaired) electrons. The van der Waals surface area contributed by atoms with Gasteiger partial charge in [0, 0.05) is 12.1 Å². The summed E-state index contributed by atoms with van der Waals surface area (Å²) in [6.45, 7) is 12.6. The van der Waals surface area contributed by atoms with E-state index in [2.05, 4.69) is 19.2 Å². The van der Waals surface area contributed by atoms with Gasteiger partial charge in [-0.2, -0.15) is 0 Å². The van der Waals surface area contributed by atoms with Crippen LogP contribution in [0.25, 0.3) is 0 Å². The summed E-state index contributed by atoms with van der Waals surface area (Å²) in [6, 6.07) is 4.08. The Kier molecular flexibility index (Phi) is 4.75. The van der Waals surface area contributed by atoms with E-state index in [4.69, 9.17) is 5.73 Å². The Hall–Kier alpha value is -1.35. The predicted molar refractivity (Wildman–Crippen MR) is 80.4 cm³/mol. The molecule has 106 valence electrons. The lowest BCUT2D eigenvalue weighted by Gasteiger charge is -2.34. The number of aryl methyl sites for hydroxylation is 3. The van der Waals surface area contributed by atoms with Gasteiger partial charge in [0.15, 0.2) is 0 Å². The second-order valence-corrected chi connectivity index (χ2v) is 6.00. The lowest BCUT2D eigenvalue weighted by molar-refractivity contribution is 0.0882. The highest BCUT2D eigenvalue weighted by Gasteiger charge is 2.29. The Labute approximate surface area is 116 Å². The van der Waals surface area contributed by atoms with E-state index in [1.54, 1.807) is 0 Å². The third kappa shape index (κ3) is 3.35. The summed E-state index contributed by atoms with van der Waals surface area (Å²) < 4.78 is 0. The maximum atomic E-state index is 12.5. The standard InChI is InChI=1S/C16H26N2O/c1-10(2)16(6,9-17)18-15(19)14-12(4)7-11(3)8-13(14)5/h7-8,10H,9,17H2,1-6H3,(H,18,19). The maximum absolute atomic E-state index is 12.5. The number of rotatable bonds is 4. The van der Waals surface area contributed by atoms with Crippen LogP contribution in [0.2, 0.25) is 0 Å². The molecule has 0 bridgehead atoms. The molecular weight excluding hydrogens is 236 g/mol. The fourth-order valence-electron chi connectivity index (χ4n) is 2.29. The second kappa shape index (κ2) is 5.74. The van der Waals surface area contributed by atoms with Crippen LogP contribution in [0.4, 0.5) is 0 Å². The van der Waals surface area contributed by atoms with Gasteiger partial charge in [-0.1, -0.05) is 31.5 Å². The van der Waals surface area contributed by atoms with Gasteiger partial charge in [-0.3, -0.25) is 4.79 Å². The topological polar surface area (TPSA) is 55.1 Å². The SMILES string of the molecule is Cc1cc(C)c(C(=O)NC(C)(CN)C(C)C)c(C)c1. The Balaban J connectivity index is 3.09. The van der Waals surface area contributed by atoms with E-state index in [-0.39, 0.29) is 17.4 Å². The molecule has 0 aromatic heterocycles. The summed E-state index contributed by atoms with van der Waals surface area (Å²) in [5.41, 5.74) is 9.42. The average molecular weight is 262 g/mol. The number of hydrogen-bond acceptors (Lipinski definition) is 2. The monoisotopic (exact) mass is 262 g/mol. The van der Waals surface area contributed by atoms with E-state index >= 15 is 0 Å². The van der Waals surface area contributed by atoms with Crippen molar-refractivity contribution < 1.29 is 4.79 Å². The Morgan fingerprint density at radius 1 is 1.26 bits per heavy atom. The largest absolute Gasteiger partial charge is 0.345 e. The van der Waals surface area contributed by atoms with Crippen molar-refractivity contribution in [2.24, 2.45) is 11.7 Å². The Morgan fingerprint density at radius 3 is 2.11 bits per heavy atom. The van der Waals surface area contributed by atoms with Crippen molar-refractivity contribution in [3.63, 3.8) is 0 Å². The number of carbonyl (C=O) groups excluding carboxylic acids is 1. The molecule has 0 saturated carbocycles. The van der Waals surface area contributed by atoms with Crippen LogP contribution in [-0.4, -0.2) is 18.0 Å². The minimum atomic E-state index is -0.374. The number of nitrogens with two attached hydrogens (primary N) is 1. The van der Waals surface area contributed by atoms with E-state index in [0.717, 1.165) is 16.7 Å². The van der Waals surface area contributed by atoms with Gasteiger partial charge in [0.2, 0.25) is 0 Å². The summed E-state index contributed by atoms with van der Waals surface area (Å²) in [6.07, 6.45) is 0. The van der Waals surface area contributed by atoms with Gasteiger partial charge in [0.25, 0.3) is 5.91 Å². The number of benzene rings is 1. The van der Waals surface area contributed by atoms with E-state index in [1.165, 1.54) is 5.56 Å². The lowest BCUT2D eigenvalue weighted by Crippen LogP contribution is -2.55. The van der Waals surface area contributed by atoms with Gasteiger partial charge in [0.05, 0.1) is 5.54 Å². The van der Waals surface area contributed by atoms with Gasteiger partial charge in [-0.25, -0.2) is 0 Å². The molecule has 0 fully saturated rings. The molecule has 0 spiro atoms. The molecule has 3 N–H and O–H groups in total. The normalized spacial score (nSPS) is 14.3. The Morgan fingerprint density at radius 2 is 1.74 bits per heavy atom. The summed E-state index contributed by atoms with van der Waals surface area (Å²) in [5, 5.41) is 3.10. The smallest absolute Gasteiger partial charge is 0.252 e. The first-order chi connectivity index (χ1) is 8.71. The van der Waals surface area contributed by atoms with Crippen LogP contribution < -0.4 is 11.1 Å². The molecule has 1 atom stereocenters. The van der Waals surface area contributed by atoms with Gasteiger partial charge in [-0.05, 0) is 44.7 Å². The third-order valence-electron chi connectivity index (χ3n) is 4.00. The summed E-state index contributed by atoms with van der Waals surface area (Å²) in [5.74, 6) is 0.254. The average Bonchev–Trinajstić information content (AvgIpc) is 2.26. The molecule has 1 aromatic carbocycles. The molecule has 0 aliphatic carbocycles. The molecule has 0 heterocycles. The molecule has 3 nitrogen and oxygen atoms in total. The highest BCUT2D eigenvalue weighted by Crippen LogP contribution is 2.20. The van der Waals surface area contributed by atoms with E-state index in [9.17, 15) is 4.79 Å². The van der Waals surface area contributed by atoms with Crippen molar-refractivity contribution in [3.05, 3.63) is 34.4 Å². The highest BCUT2D eigenvalue weighted by atomic mass is 16.1. The molecule has 19 heavy (non-hydrogen) atoms. The fourth-order valence-corrected chi connectivity index (χ4v) is 2.29. The maximum Gasteiger partial charge on any atom is 0.252 e. The van der Waals surface area contributed by atoms with Crippen LogP contribution in [0.5, 0.6) is 0 Å². The van der Waals surface area contributed by atoms with Crippen molar-refractivity contribution >= 4 is 5.91 Å². The summed E-state index contributed by atoms with van der Waals surface area (Å²) >= 11 is 0. The number of hydrogen-bond donors (Lipinski definition) is 2.